The van der Waals surface area contributed by atoms with Crippen LogP contribution in [0.5, 0.6) is 0 Å². The first-order valence-electron chi connectivity index (χ1n) is 6.09. The summed E-state index contributed by atoms with van der Waals surface area (Å²) in [6.07, 6.45) is 5.97. The van der Waals surface area contributed by atoms with Crippen LogP contribution in [0, 0.1) is 0 Å². The molecule has 0 unspecified atom stereocenters. The lowest BCUT2D eigenvalue weighted by Gasteiger charge is -2.06. The summed E-state index contributed by atoms with van der Waals surface area (Å²) in [5.41, 5.74) is 1.71. The second kappa shape index (κ2) is 5.53. The van der Waals surface area contributed by atoms with Crippen molar-refractivity contribution in [1.82, 2.24) is 19.7 Å². The largest absolute Gasteiger partial charge is 0.294 e. The highest BCUT2D eigenvalue weighted by atomic mass is 16.1. The Labute approximate surface area is 106 Å². The molecule has 0 spiro atoms. The summed E-state index contributed by atoms with van der Waals surface area (Å²) in [5.74, 6) is 0.776. The third kappa shape index (κ3) is 2.45. The lowest BCUT2D eigenvalue weighted by atomic mass is 10.0. The Morgan fingerprint density at radius 3 is 2.94 bits per heavy atom. The van der Waals surface area contributed by atoms with Crippen molar-refractivity contribution in [2.45, 2.75) is 33.2 Å². The number of ketones is 1. The predicted octanol–water partition coefficient (Wildman–Crippen LogP) is 1.68. The highest BCUT2D eigenvalue weighted by Gasteiger charge is 2.14. The van der Waals surface area contributed by atoms with Gasteiger partial charge in [0.25, 0.3) is 0 Å². The molecule has 0 amide bonds. The van der Waals surface area contributed by atoms with Crippen molar-refractivity contribution >= 4 is 5.78 Å². The molecule has 5 nitrogen and oxygen atoms in total. The van der Waals surface area contributed by atoms with Gasteiger partial charge in [-0.1, -0.05) is 6.92 Å². The van der Waals surface area contributed by atoms with Crippen molar-refractivity contribution in [2.75, 3.05) is 0 Å². The van der Waals surface area contributed by atoms with Crippen molar-refractivity contribution in [3.8, 4) is 0 Å². The number of hydrogen-bond acceptors (Lipinski definition) is 4. The van der Waals surface area contributed by atoms with Crippen LogP contribution < -0.4 is 0 Å². The highest BCUT2D eigenvalue weighted by Crippen LogP contribution is 2.11. The number of Topliss-reactive ketones (excluding diaryl/α,β-unsaturated/α-hetero) is 1. The maximum absolute atomic E-state index is 12.3. The zero-order chi connectivity index (χ0) is 13.0. The van der Waals surface area contributed by atoms with Gasteiger partial charge < -0.3 is 0 Å². The fraction of sp³-hybridized carbons (Fsp3) is 0.385. The summed E-state index contributed by atoms with van der Waals surface area (Å²) in [4.78, 5) is 20.4. The molecule has 94 valence electrons. The molecule has 18 heavy (non-hydrogen) atoms. The molecule has 0 aliphatic rings. The predicted molar refractivity (Wildman–Crippen MR) is 67.3 cm³/mol. The molecule has 0 atom stereocenters. The smallest absolute Gasteiger partial charge is 0.170 e. The Bertz CT molecular complexity index is 547. The topological polar surface area (TPSA) is 60.7 Å². The Balaban J connectivity index is 2.22. The van der Waals surface area contributed by atoms with E-state index >= 15 is 0 Å². The molecular formula is C13H16N4O. The van der Waals surface area contributed by atoms with Crippen LogP contribution in [0.15, 0.2) is 24.8 Å². The standard InChI is InChI=1S/C13H16N4O/c1-3-10-8-14-6-5-11(10)12(18)7-13-15-9-16-17(13)4-2/h5-6,8-9H,3-4,7H2,1-2H3. The molecule has 2 aromatic heterocycles. The third-order valence-electron chi connectivity index (χ3n) is 2.90. The Morgan fingerprint density at radius 1 is 1.39 bits per heavy atom. The van der Waals surface area contributed by atoms with Gasteiger partial charge in [0, 0.05) is 24.5 Å². The Kier molecular flexibility index (Phi) is 3.82. The van der Waals surface area contributed by atoms with Crippen molar-refractivity contribution in [3.05, 3.63) is 41.7 Å². The summed E-state index contributed by atoms with van der Waals surface area (Å²) in [7, 11) is 0. The van der Waals surface area contributed by atoms with E-state index < -0.39 is 0 Å². The summed E-state index contributed by atoms with van der Waals surface area (Å²) in [6.45, 7) is 4.72. The van der Waals surface area contributed by atoms with Crippen LogP contribution in [0.1, 0.15) is 35.6 Å². The van der Waals surface area contributed by atoms with Gasteiger partial charge in [-0.05, 0) is 25.0 Å². The van der Waals surface area contributed by atoms with Crippen LogP contribution in [0.3, 0.4) is 0 Å². The van der Waals surface area contributed by atoms with Crippen LogP contribution in [0.2, 0.25) is 0 Å². The van der Waals surface area contributed by atoms with E-state index in [2.05, 4.69) is 15.1 Å². The molecule has 0 fully saturated rings. The first-order valence-corrected chi connectivity index (χ1v) is 6.09. The van der Waals surface area contributed by atoms with Gasteiger partial charge in [-0.15, -0.1) is 0 Å². The van der Waals surface area contributed by atoms with E-state index in [4.69, 9.17) is 0 Å². The maximum atomic E-state index is 12.3. The lowest BCUT2D eigenvalue weighted by molar-refractivity contribution is 0.0988. The second-order valence-electron chi connectivity index (χ2n) is 3.98. The quantitative estimate of drug-likeness (QED) is 0.751. The number of carbonyl (C=O) groups excluding carboxylic acids is 1. The van der Waals surface area contributed by atoms with E-state index in [1.54, 1.807) is 23.1 Å². The van der Waals surface area contributed by atoms with Gasteiger partial charge in [-0.3, -0.25) is 9.78 Å². The molecular weight excluding hydrogens is 228 g/mol. The van der Waals surface area contributed by atoms with Gasteiger partial charge in [-0.2, -0.15) is 5.10 Å². The number of carbonyl (C=O) groups is 1. The molecule has 5 heteroatoms. The van der Waals surface area contributed by atoms with Gasteiger partial charge in [0.1, 0.15) is 12.2 Å². The second-order valence-corrected chi connectivity index (χ2v) is 3.98. The monoisotopic (exact) mass is 244 g/mol. The van der Waals surface area contributed by atoms with E-state index in [0.717, 1.165) is 24.1 Å². The first kappa shape index (κ1) is 12.4. The number of pyridine rings is 1. The lowest BCUT2D eigenvalue weighted by Crippen LogP contribution is -2.12. The molecule has 0 aliphatic carbocycles. The van der Waals surface area contributed by atoms with E-state index in [9.17, 15) is 4.79 Å². The normalized spacial score (nSPS) is 10.6. The molecule has 2 heterocycles. The van der Waals surface area contributed by atoms with E-state index in [1.807, 2.05) is 13.8 Å². The molecule has 0 N–H and O–H groups in total. The van der Waals surface area contributed by atoms with Crippen LogP contribution in [0.25, 0.3) is 0 Å². The molecule has 0 radical (unpaired) electrons. The van der Waals surface area contributed by atoms with E-state index in [-0.39, 0.29) is 12.2 Å². The van der Waals surface area contributed by atoms with Crippen LogP contribution >= 0.6 is 0 Å². The molecule has 2 aromatic rings. The fourth-order valence-corrected chi connectivity index (χ4v) is 1.91. The van der Waals surface area contributed by atoms with Crippen LogP contribution in [-0.2, 0) is 19.4 Å². The number of nitrogens with zero attached hydrogens (tertiary/aromatic N) is 4. The van der Waals surface area contributed by atoms with Crippen molar-refractivity contribution in [1.29, 1.82) is 0 Å². The Morgan fingerprint density at radius 2 is 2.22 bits per heavy atom. The summed E-state index contributed by atoms with van der Waals surface area (Å²) >= 11 is 0. The number of aromatic nitrogens is 4. The van der Waals surface area contributed by atoms with Crippen molar-refractivity contribution < 1.29 is 4.79 Å². The van der Waals surface area contributed by atoms with Crippen molar-refractivity contribution in [3.63, 3.8) is 0 Å². The first-order chi connectivity index (χ1) is 8.76. The zero-order valence-corrected chi connectivity index (χ0v) is 10.6. The molecule has 0 bridgehead atoms. The van der Waals surface area contributed by atoms with E-state index in [1.165, 1.54) is 6.33 Å². The molecule has 0 aromatic carbocycles. The SMILES string of the molecule is CCc1cnccc1C(=O)Cc1ncnn1CC. The maximum Gasteiger partial charge on any atom is 0.170 e. The summed E-state index contributed by atoms with van der Waals surface area (Å²) in [5, 5.41) is 4.06. The van der Waals surface area contributed by atoms with Gasteiger partial charge in [-0.25, -0.2) is 9.67 Å². The summed E-state index contributed by atoms with van der Waals surface area (Å²) < 4.78 is 1.74. The number of aryl methyl sites for hydroxylation is 2. The number of hydrogen-bond donors (Lipinski definition) is 0. The molecule has 2 rings (SSSR count). The fourth-order valence-electron chi connectivity index (χ4n) is 1.91. The molecule has 0 saturated carbocycles. The third-order valence-corrected chi connectivity index (χ3v) is 2.90. The zero-order valence-electron chi connectivity index (χ0n) is 10.6. The minimum atomic E-state index is 0.0666. The average Bonchev–Trinajstić information content (AvgIpc) is 2.85. The summed E-state index contributed by atoms with van der Waals surface area (Å²) in [6, 6.07) is 1.77. The minimum absolute atomic E-state index is 0.0666. The Hall–Kier alpha value is -2.04. The average molecular weight is 244 g/mol. The number of rotatable bonds is 5. The van der Waals surface area contributed by atoms with E-state index in [0.29, 0.717) is 5.82 Å². The van der Waals surface area contributed by atoms with Gasteiger partial charge in [0.15, 0.2) is 5.78 Å². The van der Waals surface area contributed by atoms with Gasteiger partial charge in [0.05, 0.1) is 6.42 Å². The van der Waals surface area contributed by atoms with Crippen LogP contribution in [-0.4, -0.2) is 25.5 Å². The highest BCUT2D eigenvalue weighted by molar-refractivity contribution is 5.98. The minimum Gasteiger partial charge on any atom is -0.294 e. The van der Waals surface area contributed by atoms with Crippen molar-refractivity contribution in [2.24, 2.45) is 0 Å². The van der Waals surface area contributed by atoms with Gasteiger partial charge >= 0.3 is 0 Å². The molecule has 0 saturated heterocycles. The molecule has 0 aliphatic heterocycles. The van der Waals surface area contributed by atoms with Crippen LogP contribution in [0.4, 0.5) is 0 Å². The van der Waals surface area contributed by atoms with Gasteiger partial charge in [0.2, 0.25) is 0 Å².